The second kappa shape index (κ2) is 6.62. The van der Waals surface area contributed by atoms with Crippen LogP contribution in [0, 0.1) is 0 Å². The van der Waals surface area contributed by atoms with Gasteiger partial charge < -0.3 is 10.6 Å². The number of amides is 1. The van der Waals surface area contributed by atoms with Gasteiger partial charge in [-0.3, -0.25) is 4.79 Å². The maximum Gasteiger partial charge on any atom is 0.234 e. The zero-order valence-electron chi connectivity index (χ0n) is 9.98. The Kier molecular flexibility index (Phi) is 5.45. The Morgan fingerprint density at radius 3 is 2.53 bits per heavy atom. The molecule has 1 aliphatic rings. The third kappa shape index (κ3) is 3.72. The van der Waals surface area contributed by atoms with Gasteiger partial charge >= 0.3 is 0 Å². The van der Waals surface area contributed by atoms with Crippen LogP contribution < -0.4 is 10.6 Å². The third-order valence-electron chi connectivity index (χ3n) is 3.11. The van der Waals surface area contributed by atoms with E-state index in [1.165, 1.54) is 5.56 Å². The lowest BCUT2D eigenvalue weighted by Crippen LogP contribution is -2.46. The van der Waals surface area contributed by atoms with Crippen molar-refractivity contribution < 1.29 is 4.79 Å². The van der Waals surface area contributed by atoms with Crippen molar-refractivity contribution in [1.29, 1.82) is 0 Å². The van der Waals surface area contributed by atoms with Crippen molar-refractivity contribution in [2.45, 2.75) is 24.8 Å². The molecular formula is C13H19ClN2O. The minimum Gasteiger partial charge on any atom is -0.352 e. The number of hydrogen-bond donors (Lipinski definition) is 2. The van der Waals surface area contributed by atoms with Gasteiger partial charge in [0.1, 0.15) is 0 Å². The number of benzene rings is 1. The first-order chi connectivity index (χ1) is 7.79. The van der Waals surface area contributed by atoms with Gasteiger partial charge in [-0.1, -0.05) is 30.3 Å². The van der Waals surface area contributed by atoms with Crippen molar-refractivity contribution in [2.24, 2.45) is 0 Å². The van der Waals surface area contributed by atoms with Crippen molar-refractivity contribution in [3.05, 3.63) is 35.9 Å². The third-order valence-corrected chi connectivity index (χ3v) is 3.11. The Bertz CT molecular complexity index is 350. The first kappa shape index (κ1) is 14.0. The number of hydrogen-bond acceptors (Lipinski definition) is 2. The number of carbonyl (C=O) groups excluding carboxylic acids is 1. The Morgan fingerprint density at radius 2 is 1.94 bits per heavy atom. The average Bonchev–Trinajstić information content (AvgIpc) is 2.24. The van der Waals surface area contributed by atoms with Crippen molar-refractivity contribution in [2.75, 3.05) is 13.6 Å². The topological polar surface area (TPSA) is 41.1 Å². The van der Waals surface area contributed by atoms with E-state index in [-0.39, 0.29) is 18.3 Å². The minimum absolute atomic E-state index is 0. The van der Waals surface area contributed by atoms with Crippen LogP contribution in [-0.4, -0.2) is 25.5 Å². The molecule has 2 N–H and O–H groups in total. The van der Waals surface area contributed by atoms with Crippen molar-refractivity contribution in [3.63, 3.8) is 0 Å². The number of carbonyl (C=O) groups is 1. The number of likely N-dealkylation sites (N-methyl/N-ethyl adjacent to an activating group) is 1. The zero-order chi connectivity index (χ0) is 11.4. The van der Waals surface area contributed by atoms with Crippen LogP contribution in [0.3, 0.4) is 0 Å². The summed E-state index contributed by atoms with van der Waals surface area (Å²) >= 11 is 0. The van der Waals surface area contributed by atoms with Crippen LogP contribution in [0.2, 0.25) is 0 Å². The highest BCUT2D eigenvalue weighted by atomic mass is 35.5. The second-order valence-electron chi connectivity index (χ2n) is 4.37. The van der Waals surface area contributed by atoms with Gasteiger partial charge in [0, 0.05) is 6.04 Å². The highest BCUT2D eigenvalue weighted by Crippen LogP contribution is 2.36. The van der Waals surface area contributed by atoms with Gasteiger partial charge in [0.25, 0.3) is 0 Å². The largest absolute Gasteiger partial charge is 0.352 e. The first-order valence-electron chi connectivity index (χ1n) is 5.78. The van der Waals surface area contributed by atoms with E-state index in [9.17, 15) is 4.79 Å². The van der Waals surface area contributed by atoms with E-state index in [1.807, 2.05) is 6.07 Å². The van der Waals surface area contributed by atoms with Gasteiger partial charge in [0.05, 0.1) is 6.54 Å². The number of halogens is 1. The molecule has 0 bridgehead atoms. The summed E-state index contributed by atoms with van der Waals surface area (Å²) in [5.41, 5.74) is 1.39. The summed E-state index contributed by atoms with van der Waals surface area (Å²) in [6.45, 7) is 0.409. The van der Waals surface area contributed by atoms with E-state index in [4.69, 9.17) is 0 Å². The molecule has 1 saturated carbocycles. The molecule has 94 valence electrons. The lowest BCUT2D eigenvalue weighted by Gasteiger charge is -2.36. The van der Waals surface area contributed by atoms with Crippen LogP contribution in [0.15, 0.2) is 30.3 Å². The Morgan fingerprint density at radius 1 is 1.29 bits per heavy atom. The van der Waals surface area contributed by atoms with Crippen LogP contribution in [0.4, 0.5) is 0 Å². The van der Waals surface area contributed by atoms with E-state index >= 15 is 0 Å². The van der Waals surface area contributed by atoms with E-state index in [2.05, 4.69) is 34.9 Å². The molecule has 1 fully saturated rings. The molecular weight excluding hydrogens is 236 g/mol. The normalized spacial score (nSPS) is 22.2. The summed E-state index contributed by atoms with van der Waals surface area (Å²) in [7, 11) is 1.78. The molecule has 0 saturated heterocycles. The quantitative estimate of drug-likeness (QED) is 0.859. The molecule has 0 unspecified atom stereocenters. The fraction of sp³-hybridized carbons (Fsp3) is 0.462. The summed E-state index contributed by atoms with van der Waals surface area (Å²) in [5, 5.41) is 5.87. The highest BCUT2D eigenvalue weighted by molar-refractivity contribution is 5.85. The van der Waals surface area contributed by atoms with Gasteiger partial charge in [-0.25, -0.2) is 0 Å². The molecule has 17 heavy (non-hydrogen) atoms. The molecule has 0 spiro atoms. The molecule has 1 aliphatic carbocycles. The molecule has 0 radical (unpaired) electrons. The lowest BCUT2D eigenvalue weighted by molar-refractivity contribution is -0.121. The molecule has 0 atom stereocenters. The van der Waals surface area contributed by atoms with Crippen LogP contribution in [0.5, 0.6) is 0 Å². The summed E-state index contributed by atoms with van der Waals surface area (Å²) in [5.74, 6) is 0.722. The Hall–Kier alpha value is -1.06. The summed E-state index contributed by atoms with van der Waals surface area (Å²) in [6.07, 6.45) is 2.14. The molecule has 4 heteroatoms. The van der Waals surface area contributed by atoms with Gasteiger partial charge in [0.2, 0.25) is 5.91 Å². The predicted molar refractivity (Wildman–Crippen MR) is 71.5 cm³/mol. The van der Waals surface area contributed by atoms with E-state index in [1.54, 1.807) is 7.05 Å². The molecule has 1 aromatic rings. The molecule has 0 aliphatic heterocycles. The highest BCUT2D eigenvalue weighted by Gasteiger charge is 2.30. The minimum atomic E-state index is 0. The SMILES string of the molecule is CNCC(=O)NC1CC(c2ccccc2)C1.Cl. The van der Waals surface area contributed by atoms with Crippen molar-refractivity contribution in [3.8, 4) is 0 Å². The Labute approximate surface area is 108 Å². The van der Waals surface area contributed by atoms with Crippen LogP contribution in [0.1, 0.15) is 24.3 Å². The van der Waals surface area contributed by atoms with E-state index in [0.29, 0.717) is 18.5 Å². The van der Waals surface area contributed by atoms with Gasteiger partial charge in [0.15, 0.2) is 0 Å². The molecule has 2 rings (SSSR count). The van der Waals surface area contributed by atoms with Gasteiger partial charge in [-0.2, -0.15) is 0 Å². The van der Waals surface area contributed by atoms with Gasteiger partial charge in [-0.15, -0.1) is 12.4 Å². The first-order valence-corrected chi connectivity index (χ1v) is 5.78. The fourth-order valence-electron chi connectivity index (χ4n) is 2.17. The van der Waals surface area contributed by atoms with Crippen molar-refractivity contribution >= 4 is 18.3 Å². The Balaban J connectivity index is 0.00000144. The second-order valence-corrected chi connectivity index (χ2v) is 4.37. The van der Waals surface area contributed by atoms with E-state index in [0.717, 1.165) is 12.8 Å². The lowest BCUT2D eigenvalue weighted by atomic mass is 9.76. The molecule has 0 aromatic heterocycles. The smallest absolute Gasteiger partial charge is 0.234 e. The van der Waals surface area contributed by atoms with Crippen molar-refractivity contribution in [1.82, 2.24) is 10.6 Å². The fourth-order valence-corrected chi connectivity index (χ4v) is 2.17. The number of rotatable bonds is 4. The standard InChI is InChI=1S/C13H18N2O.ClH/c1-14-9-13(16)15-12-7-11(8-12)10-5-3-2-4-6-10;/h2-6,11-12,14H,7-9H2,1H3,(H,15,16);1H. The molecule has 0 heterocycles. The molecule has 1 amide bonds. The van der Waals surface area contributed by atoms with Crippen LogP contribution in [0.25, 0.3) is 0 Å². The van der Waals surface area contributed by atoms with Crippen LogP contribution in [-0.2, 0) is 4.79 Å². The number of nitrogens with one attached hydrogen (secondary N) is 2. The maximum atomic E-state index is 11.3. The summed E-state index contributed by atoms with van der Waals surface area (Å²) < 4.78 is 0. The summed E-state index contributed by atoms with van der Waals surface area (Å²) in [4.78, 5) is 11.3. The monoisotopic (exact) mass is 254 g/mol. The van der Waals surface area contributed by atoms with E-state index < -0.39 is 0 Å². The zero-order valence-corrected chi connectivity index (χ0v) is 10.8. The van der Waals surface area contributed by atoms with Crippen LogP contribution >= 0.6 is 12.4 Å². The average molecular weight is 255 g/mol. The molecule has 3 nitrogen and oxygen atoms in total. The van der Waals surface area contributed by atoms with Gasteiger partial charge in [-0.05, 0) is 31.4 Å². The summed E-state index contributed by atoms with van der Waals surface area (Å²) in [6, 6.07) is 10.9. The maximum absolute atomic E-state index is 11.3. The molecule has 1 aromatic carbocycles. The predicted octanol–water partition coefficient (Wildman–Crippen LogP) is 1.69.